The third-order valence-electron chi connectivity index (χ3n) is 9.70. The van der Waals surface area contributed by atoms with Crippen molar-refractivity contribution in [1.29, 1.82) is 0 Å². The van der Waals surface area contributed by atoms with E-state index >= 15 is 0 Å². The molecular formula is C43H49N. The van der Waals surface area contributed by atoms with E-state index in [4.69, 9.17) is 0 Å². The van der Waals surface area contributed by atoms with E-state index in [1.165, 1.54) is 60.8 Å². The van der Waals surface area contributed by atoms with Crippen molar-refractivity contribution < 1.29 is 0 Å². The first kappa shape index (κ1) is 30.2. The molecule has 0 saturated carbocycles. The highest BCUT2D eigenvalue weighted by molar-refractivity contribution is 6.03. The monoisotopic (exact) mass is 579 g/mol. The van der Waals surface area contributed by atoms with Crippen LogP contribution in [0.25, 0.3) is 33.0 Å². The second-order valence-electron chi connectivity index (χ2n) is 16.5. The van der Waals surface area contributed by atoms with Crippen LogP contribution in [0.1, 0.15) is 104 Å². The summed E-state index contributed by atoms with van der Waals surface area (Å²) in [6.07, 6.45) is 0. The number of fused-ring (bicyclic) bond motifs is 2. The Labute approximate surface area is 265 Å². The van der Waals surface area contributed by atoms with Crippen molar-refractivity contribution in [3.8, 4) is 22.3 Å². The van der Waals surface area contributed by atoms with Gasteiger partial charge in [-0.2, -0.15) is 0 Å². The van der Waals surface area contributed by atoms with Gasteiger partial charge in [0.1, 0.15) is 0 Å². The van der Waals surface area contributed by atoms with Crippen molar-refractivity contribution in [2.45, 2.75) is 97.8 Å². The molecule has 0 unspecified atom stereocenters. The van der Waals surface area contributed by atoms with Gasteiger partial charge in [-0.05, 0) is 95.8 Å². The molecule has 0 bridgehead atoms. The Morgan fingerprint density at radius 1 is 0.500 bits per heavy atom. The minimum atomic E-state index is -0.109. The van der Waals surface area contributed by atoms with Gasteiger partial charge in [-0.15, -0.1) is 0 Å². The van der Waals surface area contributed by atoms with E-state index in [0.29, 0.717) is 0 Å². The molecule has 0 radical (unpaired) electrons. The maximum absolute atomic E-state index is 3.90. The lowest BCUT2D eigenvalue weighted by molar-refractivity contribution is 0.569. The third kappa shape index (κ3) is 5.25. The van der Waals surface area contributed by atoms with Crippen molar-refractivity contribution in [1.82, 2.24) is 0 Å². The molecule has 0 fully saturated rings. The van der Waals surface area contributed by atoms with Gasteiger partial charge in [0.2, 0.25) is 0 Å². The van der Waals surface area contributed by atoms with Crippen LogP contribution in [0.3, 0.4) is 0 Å². The second-order valence-corrected chi connectivity index (χ2v) is 16.5. The van der Waals surface area contributed by atoms with Crippen LogP contribution in [0, 0.1) is 0 Å². The van der Waals surface area contributed by atoms with Crippen LogP contribution in [0.4, 0.5) is 11.4 Å². The van der Waals surface area contributed by atoms with Crippen LogP contribution in [-0.4, -0.2) is 0 Å². The molecule has 1 heteroatoms. The second kappa shape index (κ2) is 10.1. The van der Waals surface area contributed by atoms with Gasteiger partial charge in [0.05, 0.1) is 0 Å². The molecular weight excluding hydrogens is 530 g/mol. The Balaban J connectivity index is 1.51. The molecule has 0 heterocycles. The van der Waals surface area contributed by atoms with Crippen LogP contribution in [-0.2, 0) is 21.7 Å². The molecule has 0 saturated heterocycles. The smallest absolute Gasteiger partial charge is 0.0464 e. The standard InChI is InChI=1S/C43H49N/c1-40(2,3)29-18-21-38(35(25-29)28-22-30(41(4,5)6)24-31(23-28)42(7,8)9)44-32-19-20-33-34-16-12-14-27-15-13-17-36(39(27)34)43(10,11)37(33)26-32/h12-26,44H,1-11H3. The largest absolute Gasteiger partial charge is 0.355 e. The molecule has 5 aromatic carbocycles. The molecule has 0 aliphatic heterocycles. The molecule has 1 nitrogen and oxygen atoms in total. The van der Waals surface area contributed by atoms with E-state index in [0.717, 1.165) is 11.4 Å². The zero-order valence-electron chi connectivity index (χ0n) is 28.7. The molecule has 6 rings (SSSR count). The highest BCUT2D eigenvalue weighted by atomic mass is 14.9. The summed E-state index contributed by atoms with van der Waals surface area (Å²) in [5, 5.41) is 6.61. The average Bonchev–Trinajstić information content (AvgIpc) is 2.94. The molecule has 226 valence electrons. The van der Waals surface area contributed by atoms with Gasteiger partial charge < -0.3 is 5.32 Å². The highest BCUT2D eigenvalue weighted by Gasteiger charge is 2.33. The summed E-state index contributed by atoms with van der Waals surface area (Å²) in [4.78, 5) is 0. The Kier molecular flexibility index (Phi) is 6.93. The quantitative estimate of drug-likeness (QED) is 0.224. The lowest BCUT2D eigenvalue weighted by atomic mass is 9.68. The molecule has 1 N–H and O–H groups in total. The number of anilines is 2. The fourth-order valence-electron chi connectivity index (χ4n) is 6.77. The van der Waals surface area contributed by atoms with Crippen LogP contribution in [0.5, 0.6) is 0 Å². The van der Waals surface area contributed by atoms with Gasteiger partial charge in [-0.3, -0.25) is 0 Å². The summed E-state index contributed by atoms with van der Waals surface area (Å²) in [6, 6.07) is 34.7. The van der Waals surface area contributed by atoms with Crippen LogP contribution in [0.2, 0.25) is 0 Å². The molecule has 0 spiro atoms. The van der Waals surface area contributed by atoms with E-state index < -0.39 is 0 Å². The van der Waals surface area contributed by atoms with Crippen molar-refractivity contribution >= 4 is 22.1 Å². The molecule has 0 atom stereocenters. The predicted molar refractivity (Wildman–Crippen MR) is 193 cm³/mol. The average molecular weight is 580 g/mol. The van der Waals surface area contributed by atoms with Crippen LogP contribution < -0.4 is 5.32 Å². The van der Waals surface area contributed by atoms with Crippen molar-refractivity contribution in [3.05, 3.63) is 119 Å². The minimum Gasteiger partial charge on any atom is -0.355 e. The van der Waals surface area contributed by atoms with Gasteiger partial charge in [0.25, 0.3) is 0 Å². The first-order valence-corrected chi connectivity index (χ1v) is 16.2. The summed E-state index contributed by atoms with van der Waals surface area (Å²) in [5.41, 5.74) is 14.3. The Morgan fingerprint density at radius 2 is 1.11 bits per heavy atom. The van der Waals surface area contributed by atoms with Gasteiger partial charge in [0.15, 0.2) is 0 Å². The van der Waals surface area contributed by atoms with Crippen molar-refractivity contribution in [2.75, 3.05) is 5.32 Å². The van der Waals surface area contributed by atoms with E-state index in [-0.39, 0.29) is 21.7 Å². The summed E-state index contributed by atoms with van der Waals surface area (Å²) >= 11 is 0. The Bertz CT molecular complexity index is 1860. The lowest BCUT2D eigenvalue weighted by Crippen LogP contribution is -2.23. The minimum absolute atomic E-state index is 0.0476. The number of hydrogen-bond acceptors (Lipinski definition) is 1. The summed E-state index contributed by atoms with van der Waals surface area (Å²) < 4.78 is 0. The predicted octanol–water partition coefficient (Wildman–Crippen LogP) is 12.4. The summed E-state index contributed by atoms with van der Waals surface area (Å²) in [5.74, 6) is 0. The number of nitrogens with one attached hydrogen (secondary N) is 1. The Hall–Kier alpha value is -3.84. The van der Waals surface area contributed by atoms with Gasteiger partial charge in [-0.1, -0.05) is 143 Å². The molecule has 0 aromatic heterocycles. The topological polar surface area (TPSA) is 12.0 Å². The van der Waals surface area contributed by atoms with Gasteiger partial charge >= 0.3 is 0 Å². The number of benzene rings is 5. The summed E-state index contributed by atoms with van der Waals surface area (Å²) in [7, 11) is 0. The normalized spacial score (nSPS) is 14.4. The van der Waals surface area contributed by atoms with Gasteiger partial charge in [0, 0.05) is 22.4 Å². The molecule has 0 amide bonds. The fourth-order valence-corrected chi connectivity index (χ4v) is 6.77. The molecule has 5 aromatic rings. The van der Waals surface area contributed by atoms with E-state index in [1.54, 1.807) is 0 Å². The highest BCUT2D eigenvalue weighted by Crippen LogP contribution is 2.49. The first-order valence-electron chi connectivity index (χ1n) is 16.2. The van der Waals surface area contributed by atoms with Crippen molar-refractivity contribution in [3.63, 3.8) is 0 Å². The van der Waals surface area contributed by atoms with Crippen LogP contribution in [0.15, 0.2) is 91.0 Å². The van der Waals surface area contributed by atoms with E-state index in [1.807, 2.05) is 0 Å². The van der Waals surface area contributed by atoms with Crippen molar-refractivity contribution in [2.24, 2.45) is 0 Å². The molecule has 1 aliphatic rings. The fraction of sp³-hybridized carbons (Fsp3) is 0.349. The van der Waals surface area contributed by atoms with Crippen LogP contribution >= 0.6 is 0 Å². The molecule has 44 heavy (non-hydrogen) atoms. The zero-order valence-corrected chi connectivity index (χ0v) is 28.7. The first-order chi connectivity index (χ1) is 20.4. The SMILES string of the molecule is CC(C)(C)c1cc(-c2cc(C(C)(C)C)ccc2Nc2ccc3c(c2)C(C)(C)c2cccc4cccc-3c24)cc(C(C)(C)C)c1. The lowest BCUT2D eigenvalue weighted by Gasteiger charge is -2.35. The number of hydrogen-bond donors (Lipinski definition) is 1. The zero-order chi connectivity index (χ0) is 31.8. The summed E-state index contributed by atoms with van der Waals surface area (Å²) in [6.45, 7) is 25.5. The number of rotatable bonds is 3. The third-order valence-corrected chi connectivity index (χ3v) is 9.70. The Morgan fingerprint density at radius 3 is 1.73 bits per heavy atom. The maximum Gasteiger partial charge on any atom is 0.0464 e. The van der Waals surface area contributed by atoms with E-state index in [9.17, 15) is 0 Å². The van der Waals surface area contributed by atoms with Gasteiger partial charge in [-0.25, -0.2) is 0 Å². The molecule has 1 aliphatic carbocycles. The van der Waals surface area contributed by atoms with E-state index in [2.05, 4.69) is 172 Å². The maximum atomic E-state index is 3.90.